The minimum Gasteiger partial charge on any atom is -0.496 e. The molecule has 1 aromatic carbocycles. The van der Waals surface area contributed by atoms with Crippen molar-refractivity contribution < 1.29 is 4.74 Å². The quantitative estimate of drug-likeness (QED) is 0.928. The molecular weight excluding hydrogens is 321 g/mol. The maximum Gasteiger partial charge on any atom is 0.132 e. The van der Waals surface area contributed by atoms with Crippen LogP contribution in [0.15, 0.2) is 36.5 Å². The van der Waals surface area contributed by atoms with Gasteiger partial charge in [0.2, 0.25) is 0 Å². The summed E-state index contributed by atoms with van der Waals surface area (Å²) in [5, 5.41) is 3.37. The monoisotopic (exact) mass is 341 g/mol. The third-order valence-electron chi connectivity index (χ3n) is 3.76. The van der Waals surface area contributed by atoms with E-state index in [0.717, 1.165) is 48.8 Å². The van der Waals surface area contributed by atoms with Gasteiger partial charge < -0.3 is 10.1 Å². The first kappa shape index (κ1) is 18.7. The molecule has 0 radical (unpaired) electrons. The topological polar surface area (TPSA) is 47.0 Å². The minimum atomic E-state index is 0. The molecule has 1 fully saturated rings. The van der Waals surface area contributed by atoms with Crippen LogP contribution < -0.4 is 10.1 Å². The van der Waals surface area contributed by atoms with Crippen LogP contribution in [0.4, 0.5) is 0 Å². The molecule has 0 amide bonds. The van der Waals surface area contributed by atoms with E-state index in [1.807, 2.05) is 36.5 Å². The van der Waals surface area contributed by atoms with Crippen LogP contribution in [0.2, 0.25) is 0 Å². The van der Waals surface area contributed by atoms with Gasteiger partial charge in [0.15, 0.2) is 0 Å². The lowest BCUT2D eigenvalue weighted by molar-refractivity contribution is 0.416. The van der Waals surface area contributed by atoms with Crippen molar-refractivity contribution in [3.05, 3.63) is 42.4 Å². The molecule has 0 aliphatic carbocycles. The highest BCUT2D eigenvalue weighted by atomic mass is 35.5. The molecule has 1 aliphatic heterocycles. The molecule has 22 heavy (non-hydrogen) atoms. The fourth-order valence-corrected chi connectivity index (χ4v) is 2.66. The predicted octanol–water partition coefficient (Wildman–Crippen LogP) is 3.46. The van der Waals surface area contributed by atoms with Gasteiger partial charge in [-0.3, -0.25) is 0 Å². The normalized spacial score (nSPS) is 14.6. The van der Waals surface area contributed by atoms with Gasteiger partial charge in [-0.2, -0.15) is 0 Å². The van der Waals surface area contributed by atoms with Crippen LogP contribution in [0.25, 0.3) is 11.3 Å². The first-order valence-electron chi connectivity index (χ1n) is 7.05. The van der Waals surface area contributed by atoms with Gasteiger partial charge in [-0.15, -0.1) is 24.8 Å². The Kier molecular flexibility index (Phi) is 7.59. The highest BCUT2D eigenvalue weighted by molar-refractivity contribution is 5.85. The van der Waals surface area contributed by atoms with Crippen LogP contribution in [-0.2, 0) is 0 Å². The number of aromatic nitrogens is 2. The molecule has 6 heteroatoms. The van der Waals surface area contributed by atoms with Crippen LogP contribution in [-0.4, -0.2) is 30.2 Å². The number of piperidine rings is 1. The van der Waals surface area contributed by atoms with Crippen molar-refractivity contribution >= 4 is 24.8 Å². The van der Waals surface area contributed by atoms with E-state index in [4.69, 9.17) is 9.72 Å². The summed E-state index contributed by atoms with van der Waals surface area (Å²) in [6.45, 7) is 2.10. The van der Waals surface area contributed by atoms with Crippen molar-refractivity contribution in [2.75, 3.05) is 20.2 Å². The molecule has 0 saturated carbocycles. The molecule has 0 unspecified atom stereocenters. The molecule has 0 spiro atoms. The molecule has 0 atom stereocenters. The summed E-state index contributed by atoms with van der Waals surface area (Å²) in [4.78, 5) is 9.22. The molecule has 1 aromatic heterocycles. The second kappa shape index (κ2) is 8.93. The fraction of sp³-hybridized carbons (Fsp3) is 0.375. The molecule has 2 heterocycles. The zero-order valence-electron chi connectivity index (χ0n) is 12.5. The largest absolute Gasteiger partial charge is 0.496 e. The number of methoxy groups -OCH3 is 1. The van der Waals surface area contributed by atoms with Crippen molar-refractivity contribution in [3.63, 3.8) is 0 Å². The second-order valence-electron chi connectivity index (χ2n) is 5.02. The maximum atomic E-state index is 5.41. The van der Waals surface area contributed by atoms with Gasteiger partial charge in [0.1, 0.15) is 11.6 Å². The summed E-state index contributed by atoms with van der Waals surface area (Å²) in [6.07, 6.45) is 4.07. The number of nitrogens with zero attached hydrogens (tertiary/aromatic N) is 2. The number of rotatable bonds is 3. The molecule has 0 bridgehead atoms. The summed E-state index contributed by atoms with van der Waals surface area (Å²) in [6, 6.07) is 9.92. The van der Waals surface area contributed by atoms with E-state index in [2.05, 4.69) is 10.3 Å². The highest BCUT2D eigenvalue weighted by Gasteiger charge is 2.18. The lowest BCUT2D eigenvalue weighted by atomic mass is 9.97. The Labute approximate surface area is 143 Å². The van der Waals surface area contributed by atoms with E-state index in [1.165, 1.54) is 0 Å². The van der Waals surface area contributed by atoms with Gasteiger partial charge in [-0.25, -0.2) is 9.97 Å². The van der Waals surface area contributed by atoms with Crippen molar-refractivity contribution in [2.45, 2.75) is 18.8 Å². The Balaban J connectivity index is 0.00000121. The maximum absolute atomic E-state index is 5.41. The minimum absolute atomic E-state index is 0. The number of ether oxygens (including phenoxy) is 1. The summed E-state index contributed by atoms with van der Waals surface area (Å²) < 4.78 is 5.41. The third-order valence-corrected chi connectivity index (χ3v) is 3.76. The van der Waals surface area contributed by atoms with Crippen LogP contribution >= 0.6 is 24.8 Å². The van der Waals surface area contributed by atoms with Crippen LogP contribution in [0, 0.1) is 0 Å². The standard InChI is InChI=1S/C16H19N3O.2ClH/c1-20-15-5-3-2-4-13(15)14-8-11-18-16(19-14)12-6-9-17-10-7-12;;/h2-5,8,11-12,17H,6-7,9-10H2,1H3;2*1H. The Morgan fingerprint density at radius 1 is 1.09 bits per heavy atom. The smallest absolute Gasteiger partial charge is 0.132 e. The zero-order valence-corrected chi connectivity index (χ0v) is 14.1. The molecule has 1 aliphatic rings. The number of nitrogens with one attached hydrogen (secondary N) is 1. The number of hydrogen-bond donors (Lipinski definition) is 1. The van der Waals surface area contributed by atoms with Crippen molar-refractivity contribution in [1.29, 1.82) is 0 Å². The first-order chi connectivity index (χ1) is 9.88. The Hall–Kier alpha value is -1.36. The van der Waals surface area contributed by atoms with Crippen molar-refractivity contribution in [3.8, 4) is 17.0 Å². The molecule has 4 nitrogen and oxygen atoms in total. The summed E-state index contributed by atoms with van der Waals surface area (Å²) >= 11 is 0. The average molecular weight is 342 g/mol. The molecule has 3 rings (SSSR count). The van der Waals surface area contributed by atoms with Crippen LogP contribution in [0.3, 0.4) is 0 Å². The third kappa shape index (κ3) is 4.09. The SMILES string of the molecule is COc1ccccc1-c1ccnc(C2CCNCC2)n1.Cl.Cl. The second-order valence-corrected chi connectivity index (χ2v) is 5.02. The molecule has 2 aromatic rings. The Morgan fingerprint density at radius 2 is 1.82 bits per heavy atom. The van der Waals surface area contributed by atoms with E-state index in [0.29, 0.717) is 5.92 Å². The van der Waals surface area contributed by atoms with Crippen LogP contribution in [0.5, 0.6) is 5.75 Å². The van der Waals surface area contributed by atoms with Crippen molar-refractivity contribution in [1.82, 2.24) is 15.3 Å². The van der Waals surface area contributed by atoms with E-state index >= 15 is 0 Å². The molecule has 120 valence electrons. The highest BCUT2D eigenvalue weighted by Crippen LogP contribution is 2.29. The van der Waals surface area contributed by atoms with Gasteiger partial charge >= 0.3 is 0 Å². The first-order valence-corrected chi connectivity index (χ1v) is 7.05. The lowest BCUT2D eigenvalue weighted by Gasteiger charge is -2.21. The van der Waals surface area contributed by atoms with Gasteiger partial charge in [-0.05, 0) is 44.1 Å². The van der Waals surface area contributed by atoms with Gasteiger partial charge in [-0.1, -0.05) is 12.1 Å². The zero-order chi connectivity index (χ0) is 13.8. The molecular formula is C16H21Cl2N3O. The van der Waals surface area contributed by atoms with Crippen molar-refractivity contribution in [2.24, 2.45) is 0 Å². The number of hydrogen-bond acceptors (Lipinski definition) is 4. The molecule has 1 saturated heterocycles. The predicted molar refractivity (Wildman–Crippen MR) is 93.4 cm³/mol. The number of para-hydroxylation sites is 1. The fourth-order valence-electron chi connectivity index (χ4n) is 2.66. The Bertz CT molecular complexity index is 589. The Morgan fingerprint density at radius 3 is 2.55 bits per heavy atom. The number of halogens is 2. The summed E-state index contributed by atoms with van der Waals surface area (Å²) in [5.74, 6) is 2.27. The number of benzene rings is 1. The van der Waals surface area contributed by atoms with Gasteiger partial charge in [0.05, 0.1) is 12.8 Å². The van der Waals surface area contributed by atoms with E-state index in [1.54, 1.807) is 7.11 Å². The van der Waals surface area contributed by atoms with Crippen LogP contribution in [0.1, 0.15) is 24.6 Å². The molecule has 1 N–H and O–H groups in total. The summed E-state index contributed by atoms with van der Waals surface area (Å²) in [5.41, 5.74) is 1.96. The lowest BCUT2D eigenvalue weighted by Crippen LogP contribution is -2.27. The summed E-state index contributed by atoms with van der Waals surface area (Å²) in [7, 11) is 1.69. The van der Waals surface area contributed by atoms with E-state index < -0.39 is 0 Å². The average Bonchev–Trinajstić information content (AvgIpc) is 2.56. The van der Waals surface area contributed by atoms with Gasteiger partial charge in [0, 0.05) is 17.7 Å². The van der Waals surface area contributed by atoms with Gasteiger partial charge in [0.25, 0.3) is 0 Å². The van der Waals surface area contributed by atoms with E-state index in [9.17, 15) is 0 Å². The van der Waals surface area contributed by atoms with E-state index in [-0.39, 0.29) is 24.8 Å².